The first-order valence-corrected chi connectivity index (χ1v) is 11.2. The Morgan fingerprint density at radius 2 is 1.97 bits per heavy atom. The van der Waals surface area contributed by atoms with Gasteiger partial charge in [-0.15, -0.1) is 0 Å². The lowest BCUT2D eigenvalue weighted by molar-refractivity contribution is -0.384. The van der Waals surface area contributed by atoms with Gasteiger partial charge < -0.3 is 14.8 Å². The summed E-state index contributed by atoms with van der Waals surface area (Å²) in [5, 5.41) is 23.0. The van der Waals surface area contributed by atoms with E-state index in [0.29, 0.717) is 23.7 Å². The Kier molecular flexibility index (Phi) is 8.45. The SMILES string of the molecule is COc1cc(/C=C(\C#N)C(=O)Nc2ccc(Cl)c([N+](=O)[O-])c2)cc(I)c1OCc1ccccc1. The number of nitro benzene ring substituents is 1. The van der Waals surface area contributed by atoms with Crippen LogP contribution in [0.4, 0.5) is 11.4 Å². The van der Waals surface area contributed by atoms with Crippen molar-refractivity contribution in [3.05, 3.63) is 96.1 Å². The van der Waals surface area contributed by atoms with Crippen molar-refractivity contribution in [3.63, 3.8) is 0 Å². The summed E-state index contributed by atoms with van der Waals surface area (Å²) in [6.07, 6.45) is 1.39. The monoisotopic (exact) mass is 589 g/mol. The Morgan fingerprint density at radius 1 is 1.24 bits per heavy atom. The van der Waals surface area contributed by atoms with Crippen molar-refractivity contribution in [2.45, 2.75) is 6.61 Å². The van der Waals surface area contributed by atoms with Crippen LogP contribution in [0.3, 0.4) is 0 Å². The summed E-state index contributed by atoms with van der Waals surface area (Å²) in [7, 11) is 1.50. The second-order valence-electron chi connectivity index (χ2n) is 6.86. The zero-order valence-electron chi connectivity index (χ0n) is 17.7. The van der Waals surface area contributed by atoms with Crippen LogP contribution in [0.1, 0.15) is 11.1 Å². The highest BCUT2D eigenvalue weighted by atomic mass is 127. The van der Waals surface area contributed by atoms with Crippen molar-refractivity contribution < 1.29 is 19.2 Å². The number of nitro groups is 1. The molecule has 10 heteroatoms. The fraction of sp³-hybridized carbons (Fsp3) is 0.0833. The fourth-order valence-electron chi connectivity index (χ4n) is 2.94. The standard InChI is InChI=1S/C24H17ClIN3O5/c1-33-22-11-16(10-20(26)23(22)34-14-15-5-3-2-4-6-15)9-17(13-27)24(30)28-18-7-8-19(25)21(12-18)29(31)32/h2-12H,14H2,1H3,(H,28,30)/b17-9+. The number of nitrogens with one attached hydrogen (secondary N) is 1. The van der Waals surface area contributed by atoms with Gasteiger partial charge in [-0.1, -0.05) is 41.9 Å². The van der Waals surface area contributed by atoms with Crippen molar-refractivity contribution in [2.24, 2.45) is 0 Å². The molecule has 0 aliphatic heterocycles. The molecule has 0 saturated heterocycles. The maximum absolute atomic E-state index is 12.6. The zero-order chi connectivity index (χ0) is 24.7. The summed E-state index contributed by atoms with van der Waals surface area (Å²) in [6.45, 7) is 0.349. The third-order valence-electron chi connectivity index (χ3n) is 4.55. The van der Waals surface area contributed by atoms with Gasteiger partial charge in [-0.2, -0.15) is 5.26 Å². The van der Waals surface area contributed by atoms with Crippen LogP contribution < -0.4 is 14.8 Å². The second-order valence-corrected chi connectivity index (χ2v) is 8.43. The number of carbonyl (C=O) groups is 1. The van der Waals surface area contributed by atoms with E-state index < -0.39 is 10.8 Å². The van der Waals surface area contributed by atoms with Crippen LogP contribution >= 0.6 is 34.2 Å². The zero-order valence-corrected chi connectivity index (χ0v) is 20.7. The predicted molar refractivity (Wildman–Crippen MR) is 137 cm³/mol. The number of hydrogen-bond donors (Lipinski definition) is 1. The lowest BCUT2D eigenvalue weighted by atomic mass is 10.1. The molecule has 0 radical (unpaired) electrons. The number of carbonyl (C=O) groups excluding carboxylic acids is 1. The molecule has 0 aliphatic carbocycles. The van der Waals surface area contributed by atoms with Crippen molar-refractivity contribution in [1.29, 1.82) is 5.26 Å². The molecule has 0 unspecified atom stereocenters. The number of amides is 1. The fourth-order valence-corrected chi connectivity index (χ4v) is 3.90. The Morgan fingerprint density at radius 3 is 2.62 bits per heavy atom. The van der Waals surface area contributed by atoms with Crippen LogP contribution in [0.5, 0.6) is 11.5 Å². The Hall–Kier alpha value is -3.62. The highest BCUT2D eigenvalue weighted by Crippen LogP contribution is 2.35. The molecule has 0 saturated carbocycles. The Balaban J connectivity index is 1.83. The molecule has 0 fully saturated rings. The van der Waals surface area contributed by atoms with Gasteiger partial charge in [0.15, 0.2) is 11.5 Å². The lowest BCUT2D eigenvalue weighted by Gasteiger charge is -2.14. The minimum atomic E-state index is -0.725. The number of anilines is 1. The molecule has 3 rings (SSSR count). The van der Waals surface area contributed by atoms with Crippen molar-refractivity contribution in [1.82, 2.24) is 0 Å². The molecule has 0 atom stereocenters. The third-order valence-corrected chi connectivity index (χ3v) is 5.68. The van der Waals surface area contributed by atoms with Crippen molar-refractivity contribution in [2.75, 3.05) is 12.4 Å². The van der Waals surface area contributed by atoms with Gasteiger partial charge in [-0.25, -0.2) is 0 Å². The summed E-state index contributed by atoms with van der Waals surface area (Å²) in [4.78, 5) is 23.0. The molecule has 3 aromatic rings. The summed E-state index contributed by atoms with van der Waals surface area (Å²) >= 11 is 7.89. The number of ether oxygens (including phenoxy) is 2. The predicted octanol–water partition coefficient (Wildman–Crippen LogP) is 5.99. The van der Waals surface area contributed by atoms with E-state index in [4.69, 9.17) is 21.1 Å². The number of methoxy groups -OCH3 is 1. The highest BCUT2D eigenvalue weighted by Gasteiger charge is 2.17. The quantitative estimate of drug-likeness (QED) is 0.114. The van der Waals surface area contributed by atoms with Crippen LogP contribution in [-0.4, -0.2) is 17.9 Å². The normalized spacial score (nSPS) is 10.8. The van der Waals surface area contributed by atoms with Gasteiger partial charge in [-0.05, 0) is 64.1 Å². The van der Waals surface area contributed by atoms with E-state index >= 15 is 0 Å². The maximum Gasteiger partial charge on any atom is 0.289 e. The number of halogens is 2. The molecule has 172 valence electrons. The average Bonchev–Trinajstić information content (AvgIpc) is 2.83. The summed E-state index contributed by atoms with van der Waals surface area (Å²) < 4.78 is 12.1. The smallest absolute Gasteiger partial charge is 0.289 e. The number of hydrogen-bond acceptors (Lipinski definition) is 6. The summed E-state index contributed by atoms with van der Waals surface area (Å²) in [5.74, 6) is 0.262. The van der Waals surface area contributed by atoms with Crippen LogP contribution in [0.2, 0.25) is 5.02 Å². The van der Waals surface area contributed by atoms with E-state index in [1.165, 1.54) is 25.3 Å². The first-order chi connectivity index (χ1) is 16.3. The second kappa shape index (κ2) is 11.5. The van der Waals surface area contributed by atoms with Gasteiger partial charge in [0, 0.05) is 11.8 Å². The van der Waals surface area contributed by atoms with Gasteiger partial charge in [0.25, 0.3) is 11.6 Å². The van der Waals surface area contributed by atoms with E-state index in [9.17, 15) is 20.2 Å². The topological polar surface area (TPSA) is 114 Å². The van der Waals surface area contributed by atoms with E-state index in [1.54, 1.807) is 12.1 Å². The molecule has 1 amide bonds. The molecule has 0 aromatic heterocycles. The largest absolute Gasteiger partial charge is 0.493 e. The molecular weight excluding hydrogens is 573 g/mol. The summed E-state index contributed by atoms with van der Waals surface area (Å²) in [5.41, 5.74) is 1.12. The number of rotatable bonds is 8. The minimum Gasteiger partial charge on any atom is -0.493 e. The maximum atomic E-state index is 12.6. The van der Waals surface area contributed by atoms with Gasteiger partial charge in [0.1, 0.15) is 23.3 Å². The lowest BCUT2D eigenvalue weighted by Crippen LogP contribution is -2.13. The molecule has 0 spiro atoms. The third kappa shape index (κ3) is 6.24. The van der Waals surface area contributed by atoms with Gasteiger partial charge in [0.05, 0.1) is 15.6 Å². The Bertz CT molecular complexity index is 1310. The van der Waals surface area contributed by atoms with Crippen LogP contribution in [0.15, 0.2) is 66.2 Å². The molecule has 1 N–H and O–H groups in total. The van der Waals surface area contributed by atoms with Gasteiger partial charge in [0.2, 0.25) is 0 Å². The molecular formula is C24H17ClIN3O5. The molecule has 3 aromatic carbocycles. The molecule has 8 nitrogen and oxygen atoms in total. The molecule has 0 heterocycles. The molecule has 0 aliphatic rings. The van der Waals surface area contributed by atoms with E-state index in [-0.39, 0.29) is 22.0 Å². The minimum absolute atomic E-state index is 0.0599. The number of benzene rings is 3. The van der Waals surface area contributed by atoms with E-state index in [0.717, 1.165) is 15.2 Å². The first kappa shape index (κ1) is 25.0. The highest BCUT2D eigenvalue weighted by molar-refractivity contribution is 14.1. The first-order valence-electron chi connectivity index (χ1n) is 9.73. The molecule has 0 bridgehead atoms. The van der Waals surface area contributed by atoms with Crippen LogP contribution in [0.25, 0.3) is 6.08 Å². The van der Waals surface area contributed by atoms with Gasteiger partial charge >= 0.3 is 0 Å². The average molecular weight is 590 g/mol. The number of nitrogens with zero attached hydrogens (tertiary/aromatic N) is 2. The number of nitriles is 1. The molecule has 34 heavy (non-hydrogen) atoms. The van der Waals surface area contributed by atoms with Gasteiger partial charge in [-0.3, -0.25) is 14.9 Å². The van der Waals surface area contributed by atoms with E-state index in [1.807, 2.05) is 36.4 Å². The summed E-state index contributed by atoms with van der Waals surface area (Å²) in [6, 6.07) is 18.8. The van der Waals surface area contributed by atoms with Crippen LogP contribution in [0, 0.1) is 25.0 Å². The van der Waals surface area contributed by atoms with E-state index in [2.05, 4.69) is 27.9 Å². The Labute approximate surface area is 214 Å². The van der Waals surface area contributed by atoms with Crippen molar-refractivity contribution >= 4 is 57.5 Å². The van der Waals surface area contributed by atoms with Crippen LogP contribution in [-0.2, 0) is 11.4 Å². The van der Waals surface area contributed by atoms with Crippen molar-refractivity contribution in [3.8, 4) is 17.6 Å².